The van der Waals surface area contributed by atoms with Crippen molar-refractivity contribution in [2.45, 2.75) is 46.6 Å². The molecule has 0 spiro atoms. The molecule has 0 unspecified atom stereocenters. The number of aryl methyl sites for hydroxylation is 1. The molecular formula is C13H24N2O. The molecule has 1 heterocycles. The molecule has 0 saturated heterocycles. The molecule has 0 fully saturated rings. The van der Waals surface area contributed by atoms with Crippen molar-refractivity contribution in [1.82, 2.24) is 9.55 Å². The Morgan fingerprint density at radius 2 is 2.06 bits per heavy atom. The van der Waals surface area contributed by atoms with E-state index < -0.39 is 0 Å². The predicted octanol–water partition coefficient (Wildman–Crippen LogP) is 2.71. The molecule has 3 heteroatoms. The maximum Gasteiger partial charge on any atom is 0.0945 e. The van der Waals surface area contributed by atoms with Gasteiger partial charge in [0, 0.05) is 25.5 Å². The summed E-state index contributed by atoms with van der Waals surface area (Å²) in [5.41, 5.74) is 0.364. The minimum absolute atomic E-state index is 0.296. The summed E-state index contributed by atoms with van der Waals surface area (Å²) in [6.07, 6.45) is 8.90. The molecule has 1 atom stereocenters. The van der Waals surface area contributed by atoms with E-state index in [-0.39, 0.29) is 0 Å². The van der Waals surface area contributed by atoms with E-state index >= 15 is 0 Å². The molecule has 0 aliphatic rings. The molecule has 1 aromatic heterocycles. The van der Waals surface area contributed by atoms with Crippen LogP contribution in [0.5, 0.6) is 0 Å². The SMILES string of the molecule is CC(C)(C)CC[C@H](CO)CCn1ccnc1. The van der Waals surface area contributed by atoms with Crippen LogP contribution in [0.15, 0.2) is 18.7 Å². The van der Waals surface area contributed by atoms with E-state index in [2.05, 4.69) is 30.3 Å². The third-order valence-electron chi connectivity index (χ3n) is 2.92. The summed E-state index contributed by atoms with van der Waals surface area (Å²) in [5, 5.41) is 9.33. The number of nitrogens with zero attached hydrogens (tertiary/aromatic N) is 2. The number of hydrogen-bond acceptors (Lipinski definition) is 2. The van der Waals surface area contributed by atoms with Gasteiger partial charge < -0.3 is 9.67 Å². The van der Waals surface area contributed by atoms with E-state index in [1.807, 2.05) is 12.5 Å². The first-order valence-corrected chi connectivity index (χ1v) is 6.08. The molecule has 92 valence electrons. The number of imidazole rings is 1. The zero-order chi connectivity index (χ0) is 12.0. The Balaban J connectivity index is 2.27. The number of aliphatic hydroxyl groups is 1. The van der Waals surface area contributed by atoms with Crippen molar-refractivity contribution in [3.63, 3.8) is 0 Å². The summed E-state index contributed by atoms with van der Waals surface area (Å²) < 4.78 is 2.07. The lowest BCUT2D eigenvalue weighted by Gasteiger charge is -2.22. The lowest BCUT2D eigenvalue weighted by molar-refractivity contribution is 0.188. The third kappa shape index (κ3) is 5.31. The Labute approximate surface area is 98.5 Å². The van der Waals surface area contributed by atoms with Crippen molar-refractivity contribution < 1.29 is 5.11 Å². The minimum atomic E-state index is 0.296. The van der Waals surface area contributed by atoms with Crippen LogP contribution in [0.1, 0.15) is 40.0 Å². The van der Waals surface area contributed by atoms with Gasteiger partial charge in [0.05, 0.1) is 6.33 Å². The summed E-state index contributed by atoms with van der Waals surface area (Å²) in [7, 11) is 0. The molecule has 1 aromatic rings. The van der Waals surface area contributed by atoms with E-state index in [1.54, 1.807) is 6.20 Å². The Kier molecular flexibility index (Phi) is 5.00. The van der Waals surface area contributed by atoms with Crippen molar-refractivity contribution in [3.05, 3.63) is 18.7 Å². The first kappa shape index (κ1) is 13.2. The molecule has 0 aliphatic heterocycles. The highest BCUT2D eigenvalue weighted by molar-refractivity contribution is 4.75. The van der Waals surface area contributed by atoms with Gasteiger partial charge in [-0.15, -0.1) is 0 Å². The summed E-state index contributed by atoms with van der Waals surface area (Å²) >= 11 is 0. The van der Waals surface area contributed by atoms with Crippen molar-refractivity contribution in [1.29, 1.82) is 0 Å². The monoisotopic (exact) mass is 224 g/mol. The lowest BCUT2D eigenvalue weighted by Crippen LogP contribution is -2.14. The van der Waals surface area contributed by atoms with Gasteiger partial charge in [-0.3, -0.25) is 0 Å². The smallest absolute Gasteiger partial charge is 0.0945 e. The molecule has 0 amide bonds. The molecule has 1 rings (SSSR count). The molecular weight excluding hydrogens is 200 g/mol. The highest BCUT2D eigenvalue weighted by atomic mass is 16.3. The van der Waals surface area contributed by atoms with Crippen LogP contribution < -0.4 is 0 Å². The first-order chi connectivity index (χ1) is 7.51. The highest BCUT2D eigenvalue weighted by Gasteiger charge is 2.14. The van der Waals surface area contributed by atoms with Gasteiger partial charge in [-0.25, -0.2) is 4.98 Å². The second-order valence-corrected chi connectivity index (χ2v) is 5.74. The quantitative estimate of drug-likeness (QED) is 0.806. The normalized spacial score (nSPS) is 14.0. The summed E-state index contributed by atoms with van der Waals surface area (Å²) in [4.78, 5) is 4.01. The molecule has 3 nitrogen and oxygen atoms in total. The average Bonchev–Trinajstić information content (AvgIpc) is 2.69. The Hall–Kier alpha value is -0.830. The lowest BCUT2D eigenvalue weighted by atomic mass is 9.86. The van der Waals surface area contributed by atoms with Gasteiger partial charge in [-0.1, -0.05) is 20.8 Å². The van der Waals surface area contributed by atoms with Gasteiger partial charge in [0.15, 0.2) is 0 Å². The Morgan fingerprint density at radius 3 is 2.56 bits per heavy atom. The Morgan fingerprint density at radius 1 is 1.31 bits per heavy atom. The summed E-state index contributed by atoms with van der Waals surface area (Å²) in [6, 6.07) is 0. The minimum Gasteiger partial charge on any atom is -0.396 e. The number of aliphatic hydroxyl groups excluding tert-OH is 1. The van der Waals surface area contributed by atoms with E-state index in [1.165, 1.54) is 6.42 Å². The van der Waals surface area contributed by atoms with E-state index in [0.29, 0.717) is 17.9 Å². The van der Waals surface area contributed by atoms with Gasteiger partial charge in [0.1, 0.15) is 0 Å². The van der Waals surface area contributed by atoms with Crippen molar-refractivity contribution >= 4 is 0 Å². The molecule has 0 bridgehead atoms. The molecule has 0 radical (unpaired) electrons. The van der Waals surface area contributed by atoms with Crippen LogP contribution >= 0.6 is 0 Å². The van der Waals surface area contributed by atoms with Crippen molar-refractivity contribution in [2.75, 3.05) is 6.61 Å². The highest BCUT2D eigenvalue weighted by Crippen LogP contribution is 2.24. The van der Waals surface area contributed by atoms with Crippen LogP contribution in [0.4, 0.5) is 0 Å². The van der Waals surface area contributed by atoms with Crippen molar-refractivity contribution in [3.8, 4) is 0 Å². The van der Waals surface area contributed by atoms with E-state index in [4.69, 9.17) is 0 Å². The fraction of sp³-hybridized carbons (Fsp3) is 0.769. The van der Waals surface area contributed by atoms with Gasteiger partial charge in [0.25, 0.3) is 0 Å². The van der Waals surface area contributed by atoms with Crippen LogP contribution in [0.2, 0.25) is 0 Å². The van der Waals surface area contributed by atoms with Crippen molar-refractivity contribution in [2.24, 2.45) is 11.3 Å². The molecule has 1 N–H and O–H groups in total. The summed E-state index contributed by atoms with van der Waals surface area (Å²) in [6.45, 7) is 7.99. The standard InChI is InChI=1S/C13H24N2O/c1-13(2,3)6-4-12(10-16)5-8-15-9-7-14-11-15/h7,9,11-12,16H,4-6,8,10H2,1-3H3/t12-/m0/s1. The average molecular weight is 224 g/mol. The fourth-order valence-electron chi connectivity index (χ4n) is 1.71. The van der Waals surface area contributed by atoms with Crippen LogP contribution in [0.25, 0.3) is 0 Å². The topological polar surface area (TPSA) is 38.0 Å². The maximum atomic E-state index is 9.33. The van der Waals surface area contributed by atoms with Crippen LogP contribution in [0.3, 0.4) is 0 Å². The number of hydrogen-bond donors (Lipinski definition) is 1. The molecule has 16 heavy (non-hydrogen) atoms. The van der Waals surface area contributed by atoms with E-state index in [9.17, 15) is 5.11 Å². The molecule has 0 aliphatic carbocycles. The van der Waals surface area contributed by atoms with Gasteiger partial charge in [0.2, 0.25) is 0 Å². The largest absolute Gasteiger partial charge is 0.396 e. The third-order valence-corrected chi connectivity index (χ3v) is 2.92. The predicted molar refractivity (Wildman–Crippen MR) is 66.1 cm³/mol. The second kappa shape index (κ2) is 6.04. The first-order valence-electron chi connectivity index (χ1n) is 6.08. The van der Waals surface area contributed by atoms with Crippen LogP contribution in [-0.2, 0) is 6.54 Å². The Bertz CT molecular complexity index is 275. The molecule has 0 saturated carbocycles. The van der Waals surface area contributed by atoms with Gasteiger partial charge in [-0.05, 0) is 30.6 Å². The fourth-order valence-corrected chi connectivity index (χ4v) is 1.71. The molecule has 0 aromatic carbocycles. The van der Waals surface area contributed by atoms with E-state index in [0.717, 1.165) is 19.4 Å². The van der Waals surface area contributed by atoms with Gasteiger partial charge >= 0.3 is 0 Å². The van der Waals surface area contributed by atoms with Crippen LogP contribution in [-0.4, -0.2) is 21.3 Å². The summed E-state index contributed by atoms with van der Waals surface area (Å²) in [5.74, 6) is 0.418. The second-order valence-electron chi connectivity index (χ2n) is 5.74. The number of rotatable bonds is 6. The number of aromatic nitrogens is 2. The van der Waals surface area contributed by atoms with Gasteiger partial charge in [-0.2, -0.15) is 0 Å². The zero-order valence-corrected chi connectivity index (χ0v) is 10.7. The maximum absolute atomic E-state index is 9.33. The zero-order valence-electron chi connectivity index (χ0n) is 10.7. The van der Waals surface area contributed by atoms with Crippen LogP contribution in [0, 0.1) is 11.3 Å².